The number of aromatic nitrogens is 1. The Kier molecular flexibility index (Phi) is 3.72. The van der Waals surface area contributed by atoms with Crippen molar-refractivity contribution in [1.82, 2.24) is 4.98 Å². The van der Waals surface area contributed by atoms with Gasteiger partial charge in [-0.1, -0.05) is 11.6 Å². The van der Waals surface area contributed by atoms with Crippen LogP contribution in [0.2, 0.25) is 5.15 Å². The fourth-order valence-electron chi connectivity index (χ4n) is 1.84. The standard InChI is InChI=1S/C10H13ClF2N4O/c11-7-3-5(14)8(15)10(16-7)17-1-2-18-4-6(17)9(12)13/h3,6,9H,1-2,4,15H2,(H2,14,16)/t6-/m0/s1. The van der Waals surface area contributed by atoms with E-state index in [-0.39, 0.29) is 35.5 Å². The lowest BCUT2D eigenvalue weighted by Crippen LogP contribution is -2.50. The molecule has 4 N–H and O–H groups in total. The van der Waals surface area contributed by atoms with E-state index >= 15 is 0 Å². The van der Waals surface area contributed by atoms with Crippen LogP contribution in [0, 0.1) is 0 Å². The molecule has 0 aliphatic carbocycles. The third-order valence-electron chi connectivity index (χ3n) is 2.77. The largest absolute Gasteiger partial charge is 0.397 e. The van der Waals surface area contributed by atoms with Crippen molar-refractivity contribution in [3.05, 3.63) is 11.2 Å². The molecule has 1 aliphatic rings. The Bertz CT molecular complexity index is 446. The van der Waals surface area contributed by atoms with Crippen LogP contribution >= 0.6 is 11.6 Å². The van der Waals surface area contributed by atoms with E-state index in [4.69, 9.17) is 27.8 Å². The number of anilines is 3. The summed E-state index contributed by atoms with van der Waals surface area (Å²) in [5, 5.41) is 0.121. The van der Waals surface area contributed by atoms with Crippen LogP contribution in [0.15, 0.2) is 6.07 Å². The molecule has 100 valence electrons. The highest BCUT2D eigenvalue weighted by Crippen LogP contribution is 2.32. The molecule has 0 spiro atoms. The third-order valence-corrected chi connectivity index (χ3v) is 2.96. The minimum Gasteiger partial charge on any atom is -0.397 e. The topological polar surface area (TPSA) is 77.4 Å². The van der Waals surface area contributed by atoms with Gasteiger partial charge >= 0.3 is 0 Å². The molecule has 1 fully saturated rings. The summed E-state index contributed by atoms with van der Waals surface area (Å²) in [5.41, 5.74) is 11.8. The fraction of sp³-hybridized carbons (Fsp3) is 0.500. The van der Waals surface area contributed by atoms with Gasteiger partial charge < -0.3 is 21.1 Å². The Balaban J connectivity index is 2.39. The van der Waals surface area contributed by atoms with Crippen LogP contribution in [0.5, 0.6) is 0 Å². The second-order valence-corrected chi connectivity index (χ2v) is 4.33. The summed E-state index contributed by atoms with van der Waals surface area (Å²) in [5.74, 6) is 0.189. The average Bonchev–Trinajstić information content (AvgIpc) is 2.33. The van der Waals surface area contributed by atoms with Crippen molar-refractivity contribution >= 4 is 28.8 Å². The maximum atomic E-state index is 12.9. The van der Waals surface area contributed by atoms with Crippen LogP contribution in [-0.2, 0) is 4.74 Å². The van der Waals surface area contributed by atoms with Crippen LogP contribution in [0.4, 0.5) is 26.0 Å². The summed E-state index contributed by atoms with van der Waals surface area (Å²) in [6, 6.07) is 0.296. The van der Waals surface area contributed by atoms with Gasteiger partial charge in [0.2, 0.25) is 0 Å². The monoisotopic (exact) mass is 278 g/mol. The van der Waals surface area contributed by atoms with E-state index in [0.717, 1.165) is 0 Å². The number of hydrogen-bond acceptors (Lipinski definition) is 5. The molecule has 1 aromatic heterocycles. The molecule has 0 saturated carbocycles. The van der Waals surface area contributed by atoms with Gasteiger partial charge in [0.25, 0.3) is 6.43 Å². The quantitative estimate of drug-likeness (QED) is 0.799. The van der Waals surface area contributed by atoms with E-state index in [0.29, 0.717) is 6.61 Å². The van der Waals surface area contributed by atoms with Crippen LogP contribution in [0.1, 0.15) is 0 Å². The molecule has 8 heteroatoms. The molecule has 1 aliphatic heterocycles. The zero-order valence-electron chi connectivity index (χ0n) is 9.44. The first kappa shape index (κ1) is 13.1. The second-order valence-electron chi connectivity index (χ2n) is 3.94. The van der Waals surface area contributed by atoms with Gasteiger partial charge in [-0.05, 0) is 0 Å². The van der Waals surface area contributed by atoms with Gasteiger partial charge in [-0.25, -0.2) is 13.8 Å². The molecule has 2 heterocycles. The Morgan fingerprint density at radius 2 is 2.22 bits per heavy atom. The number of nitrogens with two attached hydrogens (primary N) is 2. The number of halogens is 3. The number of alkyl halides is 2. The summed E-state index contributed by atoms with van der Waals surface area (Å²) < 4.78 is 30.9. The summed E-state index contributed by atoms with van der Waals surface area (Å²) in [4.78, 5) is 5.38. The lowest BCUT2D eigenvalue weighted by atomic mass is 10.2. The molecule has 1 aromatic rings. The Hall–Kier alpha value is -1.34. The molecule has 1 saturated heterocycles. The predicted octanol–water partition coefficient (Wildman–Crippen LogP) is 1.37. The Labute approximate surface area is 108 Å². The Morgan fingerprint density at radius 1 is 1.50 bits per heavy atom. The maximum absolute atomic E-state index is 12.9. The predicted molar refractivity (Wildman–Crippen MR) is 66.0 cm³/mol. The van der Waals surface area contributed by atoms with Gasteiger partial charge in [0.15, 0.2) is 5.82 Å². The molecule has 5 nitrogen and oxygen atoms in total. The smallest absolute Gasteiger partial charge is 0.260 e. The number of pyridine rings is 1. The summed E-state index contributed by atoms with van der Waals surface area (Å²) in [7, 11) is 0. The number of hydrogen-bond donors (Lipinski definition) is 2. The van der Waals surface area contributed by atoms with Gasteiger partial charge in [0.1, 0.15) is 11.2 Å². The highest BCUT2D eigenvalue weighted by atomic mass is 35.5. The molecule has 0 unspecified atom stereocenters. The molecule has 18 heavy (non-hydrogen) atoms. The number of nitrogens with zero attached hydrogens (tertiary/aromatic N) is 2. The lowest BCUT2D eigenvalue weighted by Gasteiger charge is -2.36. The van der Waals surface area contributed by atoms with E-state index in [1.807, 2.05) is 0 Å². The normalized spacial score (nSPS) is 20.4. The number of morpholine rings is 1. The molecule has 0 bridgehead atoms. The molecular weight excluding hydrogens is 266 g/mol. The molecule has 2 rings (SSSR count). The molecule has 0 amide bonds. The molecule has 0 radical (unpaired) electrons. The van der Waals surface area contributed by atoms with Gasteiger partial charge in [-0.3, -0.25) is 0 Å². The zero-order chi connectivity index (χ0) is 13.3. The average molecular weight is 279 g/mol. The van der Waals surface area contributed by atoms with Crippen LogP contribution < -0.4 is 16.4 Å². The van der Waals surface area contributed by atoms with Crippen LogP contribution in [0.25, 0.3) is 0 Å². The lowest BCUT2D eigenvalue weighted by molar-refractivity contribution is 0.0204. The van der Waals surface area contributed by atoms with Gasteiger partial charge in [0.05, 0.1) is 24.6 Å². The van der Waals surface area contributed by atoms with Gasteiger partial charge in [0, 0.05) is 12.6 Å². The summed E-state index contributed by atoms with van der Waals surface area (Å²) in [6.07, 6.45) is -2.56. The van der Waals surface area contributed by atoms with Crippen molar-refractivity contribution in [3.63, 3.8) is 0 Å². The molecule has 0 aromatic carbocycles. The summed E-state index contributed by atoms with van der Waals surface area (Å²) in [6.45, 7) is 0.522. The van der Waals surface area contributed by atoms with Gasteiger partial charge in [-0.2, -0.15) is 0 Å². The summed E-state index contributed by atoms with van der Waals surface area (Å²) >= 11 is 5.78. The third kappa shape index (κ3) is 2.41. The van der Waals surface area contributed by atoms with Crippen molar-refractivity contribution in [2.45, 2.75) is 12.5 Å². The van der Waals surface area contributed by atoms with Crippen molar-refractivity contribution in [2.75, 3.05) is 36.1 Å². The SMILES string of the molecule is Nc1cc(Cl)nc(N2CCOC[C@H]2C(F)F)c1N. The minimum atomic E-state index is -2.56. The first-order valence-corrected chi connectivity index (χ1v) is 5.72. The number of rotatable bonds is 2. The van der Waals surface area contributed by atoms with Crippen molar-refractivity contribution in [2.24, 2.45) is 0 Å². The van der Waals surface area contributed by atoms with E-state index < -0.39 is 12.5 Å². The first-order chi connectivity index (χ1) is 8.50. The van der Waals surface area contributed by atoms with E-state index in [1.165, 1.54) is 11.0 Å². The fourth-order valence-corrected chi connectivity index (χ4v) is 2.04. The van der Waals surface area contributed by atoms with Crippen LogP contribution in [0.3, 0.4) is 0 Å². The molecule has 1 atom stereocenters. The highest BCUT2D eigenvalue weighted by molar-refractivity contribution is 6.30. The van der Waals surface area contributed by atoms with Gasteiger partial charge in [-0.15, -0.1) is 0 Å². The number of nitrogen functional groups attached to an aromatic ring is 2. The van der Waals surface area contributed by atoms with Crippen LogP contribution in [-0.4, -0.2) is 37.2 Å². The van der Waals surface area contributed by atoms with Crippen molar-refractivity contribution < 1.29 is 13.5 Å². The van der Waals surface area contributed by atoms with E-state index in [9.17, 15) is 8.78 Å². The van der Waals surface area contributed by atoms with E-state index in [2.05, 4.69) is 4.98 Å². The molecular formula is C10H13ClF2N4O. The van der Waals surface area contributed by atoms with E-state index in [1.54, 1.807) is 0 Å². The second kappa shape index (κ2) is 5.11. The Morgan fingerprint density at radius 3 is 2.89 bits per heavy atom. The first-order valence-electron chi connectivity index (χ1n) is 5.34. The minimum absolute atomic E-state index is 0.0782. The highest BCUT2D eigenvalue weighted by Gasteiger charge is 2.33. The maximum Gasteiger partial charge on any atom is 0.260 e. The van der Waals surface area contributed by atoms with Crippen molar-refractivity contribution in [3.8, 4) is 0 Å². The zero-order valence-corrected chi connectivity index (χ0v) is 10.2. The number of ether oxygens (including phenoxy) is 1. The van der Waals surface area contributed by atoms with Crippen molar-refractivity contribution in [1.29, 1.82) is 0 Å².